The average molecular weight is 750 g/mol. The van der Waals surface area contributed by atoms with Crippen molar-refractivity contribution in [2.24, 2.45) is 5.92 Å². The van der Waals surface area contributed by atoms with Crippen molar-refractivity contribution in [3.63, 3.8) is 0 Å². The Morgan fingerprint density at radius 3 is 2.47 bits per heavy atom. The summed E-state index contributed by atoms with van der Waals surface area (Å²) in [6.07, 6.45) is -3.54. The van der Waals surface area contributed by atoms with Crippen LogP contribution in [0.5, 0.6) is 0 Å². The van der Waals surface area contributed by atoms with Crippen molar-refractivity contribution in [3.05, 3.63) is 28.1 Å². The van der Waals surface area contributed by atoms with Crippen LogP contribution in [0.1, 0.15) is 63.0 Å². The number of thiocarbonyl (C=S) groups is 1. The van der Waals surface area contributed by atoms with E-state index in [0.29, 0.717) is 0 Å². The summed E-state index contributed by atoms with van der Waals surface area (Å²) in [6, 6.07) is -0.101. The third kappa shape index (κ3) is 9.91. The Morgan fingerprint density at radius 2 is 1.92 bits per heavy atom. The topological polar surface area (TPSA) is 195 Å². The van der Waals surface area contributed by atoms with Gasteiger partial charge in [-0.1, -0.05) is 13.8 Å². The van der Waals surface area contributed by atoms with Gasteiger partial charge in [0.05, 0.1) is 23.9 Å². The summed E-state index contributed by atoms with van der Waals surface area (Å²) in [5.41, 5.74) is -0.558. The highest BCUT2D eigenvalue weighted by atomic mass is 32.2. The Labute approximate surface area is 296 Å². The molecule has 0 aliphatic carbocycles. The number of hydrogen-bond donors (Lipinski definition) is 3. The molecule has 1 amide bonds. The van der Waals surface area contributed by atoms with Crippen molar-refractivity contribution in [3.8, 4) is 0 Å². The Bertz CT molecular complexity index is 1690. The van der Waals surface area contributed by atoms with E-state index >= 15 is 0 Å². The van der Waals surface area contributed by atoms with Gasteiger partial charge in [0.15, 0.2) is 33.3 Å². The zero-order valence-electron chi connectivity index (χ0n) is 30.9. The number of hydrogen-bond acceptors (Lipinski definition) is 13. The summed E-state index contributed by atoms with van der Waals surface area (Å²) in [5, 5.41) is 6.10. The minimum absolute atomic E-state index is 0.00666. The van der Waals surface area contributed by atoms with Crippen molar-refractivity contribution in [1.29, 1.82) is 1.43 Å². The van der Waals surface area contributed by atoms with E-state index in [0.717, 1.165) is 0 Å². The van der Waals surface area contributed by atoms with Crippen molar-refractivity contribution >= 4 is 58.8 Å². The maximum absolute atomic E-state index is 13.0. The minimum Gasteiger partial charge on any atom is -0.460 e. The lowest BCUT2D eigenvalue weighted by atomic mass is 10.1. The zero-order valence-corrected chi connectivity index (χ0v) is 31.4. The lowest BCUT2D eigenvalue weighted by molar-refractivity contribution is -0.118. The first-order valence-electron chi connectivity index (χ1n) is 16.8. The molecule has 3 unspecified atom stereocenters. The van der Waals surface area contributed by atoms with Gasteiger partial charge >= 0.3 is 6.23 Å². The molecule has 0 spiro atoms. The molecule has 2 aromatic rings. The van der Waals surface area contributed by atoms with E-state index in [1.54, 1.807) is 25.7 Å². The molecule has 2 aliphatic rings. The number of aliphatic hydroxyl groups excluding tert-OH is 1. The molecule has 2 aromatic heterocycles. The minimum atomic E-state index is -3.21. The van der Waals surface area contributed by atoms with Gasteiger partial charge in [-0.15, -0.1) is 0 Å². The summed E-state index contributed by atoms with van der Waals surface area (Å²) in [4.78, 5) is 41.8. The number of aromatic nitrogens is 4. The number of nitrogens with one attached hydrogen (secondary N) is 2. The van der Waals surface area contributed by atoms with E-state index in [9.17, 15) is 18.0 Å². The molecule has 0 bridgehead atoms. The van der Waals surface area contributed by atoms with Crippen LogP contribution in [0.25, 0.3) is 16.0 Å². The third-order valence-electron chi connectivity index (χ3n) is 7.48. The van der Waals surface area contributed by atoms with Crippen molar-refractivity contribution in [2.75, 3.05) is 37.0 Å². The number of imidazole rings is 1. The predicted molar refractivity (Wildman–Crippen MR) is 188 cm³/mol. The number of aromatic amines is 1. The molecule has 6 atom stereocenters. The van der Waals surface area contributed by atoms with Gasteiger partial charge in [-0.2, -0.15) is 4.98 Å². The molecule has 20 heteroatoms. The van der Waals surface area contributed by atoms with Crippen LogP contribution in [0.3, 0.4) is 0 Å². The Hall–Kier alpha value is -2.82. The van der Waals surface area contributed by atoms with Gasteiger partial charge in [0.2, 0.25) is 13.3 Å². The fraction of sp³-hybridized carbons (Fsp3) is 0.724. The number of aliphatic hydroxyl groups is 1. The van der Waals surface area contributed by atoms with Crippen LogP contribution in [0, 0.1) is 12.5 Å². The predicted octanol–water partition coefficient (Wildman–Crippen LogP) is 2.65. The number of fused-ring (bicyclic) bond motifs is 1. The largest absolute Gasteiger partial charge is 0.460 e. The van der Waals surface area contributed by atoms with Gasteiger partial charge in [0.25, 0.3) is 19.3 Å². The van der Waals surface area contributed by atoms with Crippen LogP contribution in [-0.4, -0.2) is 123 Å². The van der Waals surface area contributed by atoms with Gasteiger partial charge in [-0.25, -0.2) is 29.2 Å². The summed E-state index contributed by atoms with van der Waals surface area (Å²) >= 11 is 5.67. The van der Waals surface area contributed by atoms with E-state index in [2.05, 4.69) is 30.2 Å². The van der Waals surface area contributed by atoms with Crippen molar-refractivity contribution in [1.82, 2.24) is 29.1 Å². The van der Waals surface area contributed by atoms with Crippen molar-refractivity contribution < 1.29 is 38.2 Å². The zero-order chi connectivity index (χ0) is 38.2. The van der Waals surface area contributed by atoms with E-state index < -0.39 is 54.7 Å². The first kappa shape index (κ1) is 37.4. The highest BCUT2D eigenvalue weighted by Gasteiger charge is 2.50. The number of H-pyrrole nitrogens is 1. The molecule has 2 aliphatic heterocycles. The highest BCUT2D eigenvalue weighted by Crippen LogP contribution is 2.51. The third-order valence-corrected chi connectivity index (χ3v) is 11.7. The molecule has 274 valence electrons. The lowest BCUT2D eigenvalue weighted by Crippen LogP contribution is -2.47. The van der Waals surface area contributed by atoms with Crippen LogP contribution in [0.4, 0.5) is 5.95 Å². The number of carbonyl (C=O) groups is 1. The number of amides is 1. The van der Waals surface area contributed by atoms with Gasteiger partial charge in [-0.05, 0) is 46.8 Å². The van der Waals surface area contributed by atoms with E-state index in [1.165, 1.54) is 18.0 Å². The molecule has 2 saturated heterocycles. The van der Waals surface area contributed by atoms with Crippen LogP contribution in [0.15, 0.2) is 11.1 Å². The number of carbonyl (C=O) groups excluding carboxylic acids is 1. The molecule has 4 heterocycles. The summed E-state index contributed by atoms with van der Waals surface area (Å²) in [5.74, 6) is -1.02. The molecule has 17 nitrogen and oxygen atoms in total. The first-order valence-corrected chi connectivity index (χ1v) is 19.0. The highest BCUT2D eigenvalue weighted by molar-refractivity contribution is 7.91. The smallest absolute Gasteiger partial charge is 0.330 e. The van der Waals surface area contributed by atoms with Gasteiger partial charge < -0.3 is 24.0 Å². The van der Waals surface area contributed by atoms with E-state index in [1.807, 2.05) is 32.4 Å². The Balaban J connectivity index is 0.00000226. The molecular weight excluding hydrogens is 699 g/mol. The second-order valence-electron chi connectivity index (χ2n) is 12.1. The average Bonchev–Trinajstić information content (AvgIpc) is 3.62. The summed E-state index contributed by atoms with van der Waals surface area (Å²) < 4.78 is 67.4. The summed E-state index contributed by atoms with van der Waals surface area (Å²) in [7, 11) is -3.83. The van der Waals surface area contributed by atoms with Crippen LogP contribution >= 0.6 is 20.7 Å². The Morgan fingerprint density at radius 1 is 1.29 bits per heavy atom. The SMILES string of the molecule is [2H]C[C@H]1O[C@@H](n2cnc3c(=O)[nH]c(NC(=O)C(C)C)nc32)[C@@H](OC(=S)N2CCS(=O)(=O)CC2)C1OP(OC(C)[N+]#[C-])N(C(C)C)C(C)C.[3H]OC. The molecular formula is C29H47N8O9PS2. The van der Waals surface area contributed by atoms with Gasteiger partial charge in [-0.3, -0.25) is 29.3 Å². The van der Waals surface area contributed by atoms with Crippen LogP contribution in [-0.2, 0) is 33.2 Å². The Kier molecular flexibility index (Phi) is 13.3. The quantitative estimate of drug-likeness (QED) is 0.172. The number of anilines is 1. The molecule has 3 N–H and O–H groups in total. The molecule has 49 heavy (non-hydrogen) atoms. The number of rotatable bonds is 11. The molecule has 2 fully saturated rings. The second-order valence-corrected chi connectivity index (χ2v) is 16.2. The molecule has 0 radical (unpaired) electrons. The second kappa shape index (κ2) is 17.4. The molecule has 0 aromatic carbocycles. The monoisotopic (exact) mass is 749 g/mol. The maximum Gasteiger partial charge on any atom is 0.330 e. The van der Waals surface area contributed by atoms with Crippen LogP contribution < -0.4 is 10.9 Å². The number of sulfone groups is 1. The van der Waals surface area contributed by atoms with Gasteiger partial charge in [0, 0.05) is 46.5 Å². The fourth-order valence-corrected chi connectivity index (χ4v) is 8.36. The van der Waals surface area contributed by atoms with Gasteiger partial charge in [0.1, 0.15) is 6.10 Å². The molecule has 4 rings (SSSR count). The fourth-order valence-electron chi connectivity index (χ4n) is 5.07. The van der Waals surface area contributed by atoms with E-state index in [-0.39, 0.29) is 77.7 Å². The normalized spacial score (nSPS) is 23.9. The van der Waals surface area contributed by atoms with Crippen molar-refractivity contribution in [2.45, 2.75) is 98.2 Å². The standard InChI is InChI=1S/C28H43N8O8PS2.CH4O/c1-15(2)24(37)32-27-31-23-20(25(38)33-27)30-14-35(23)26-22(42-28(46)34-10-12-47(39,40)13-11-34)21(18(7)41-26)44-45(43-19(8)29-9)36(16(3)4)17(5)6;1-2/h14-19,21-22,26H,10-13H2,1-8H3,(H2,31,32,33,37,38);2H,1H3/t18-,19?,21?,22+,26-,45?;/m1./s1/i7D;2T. The lowest BCUT2D eigenvalue weighted by Gasteiger charge is -2.38. The number of ether oxygens (including phenoxy) is 2. The molecule has 0 saturated carbocycles. The number of nitrogens with zero attached hydrogens (tertiary/aromatic N) is 6. The van der Waals surface area contributed by atoms with Crippen LogP contribution in [0.2, 0.25) is 0 Å². The summed E-state index contributed by atoms with van der Waals surface area (Å²) in [6.45, 7) is 20.4. The van der Waals surface area contributed by atoms with E-state index in [4.69, 9.17) is 40.1 Å². The maximum atomic E-state index is 13.0. The first-order chi connectivity index (χ1) is 24.0.